The molecule has 1 heterocycles. The molecule has 1 aromatic heterocycles. The van der Waals surface area contributed by atoms with Crippen molar-refractivity contribution in [2.45, 2.75) is 13.3 Å². The van der Waals surface area contributed by atoms with Crippen LogP contribution in [0.15, 0.2) is 65.1 Å². The van der Waals surface area contributed by atoms with Gasteiger partial charge in [0.05, 0.1) is 7.11 Å². The highest BCUT2D eigenvalue weighted by molar-refractivity contribution is 6.14. The number of para-hydroxylation sites is 1. The Kier molecular flexibility index (Phi) is 3.77. The van der Waals surface area contributed by atoms with Crippen molar-refractivity contribution in [3.8, 4) is 16.9 Å². The maximum Gasteiger partial charge on any atom is 0.228 e. The maximum absolute atomic E-state index is 13.1. The fourth-order valence-corrected chi connectivity index (χ4v) is 3.31. The molecule has 3 heteroatoms. The van der Waals surface area contributed by atoms with Gasteiger partial charge < -0.3 is 9.15 Å². The summed E-state index contributed by atoms with van der Waals surface area (Å²) in [7, 11) is 1.59. The third-order valence-electron chi connectivity index (χ3n) is 4.57. The quantitative estimate of drug-likeness (QED) is 0.474. The zero-order chi connectivity index (χ0) is 17.4. The summed E-state index contributed by atoms with van der Waals surface area (Å²) >= 11 is 0. The van der Waals surface area contributed by atoms with Gasteiger partial charge in [-0.25, -0.2) is 0 Å². The van der Waals surface area contributed by atoms with Crippen LogP contribution in [0.4, 0.5) is 0 Å². The molecule has 0 atom stereocenters. The Hall–Kier alpha value is -3.07. The SMILES string of the molecule is CCc1cc(C(=O)c2cc3cccc(OC)c3o2)c2cccccc1-2. The van der Waals surface area contributed by atoms with E-state index in [4.69, 9.17) is 9.15 Å². The Balaban J connectivity index is 1.86. The number of carbonyl (C=O) groups excluding carboxylic acids is 1. The number of furan rings is 1. The van der Waals surface area contributed by atoms with Gasteiger partial charge in [0.2, 0.25) is 5.78 Å². The van der Waals surface area contributed by atoms with Crippen molar-refractivity contribution >= 4 is 16.8 Å². The fourth-order valence-electron chi connectivity index (χ4n) is 3.31. The van der Waals surface area contributed by atoms with E-state index in [1.54, 1.807) is 13.2 Å². The first-order valence-electron chi connectivity index (χ1n) is 8.34. The number of ether oxygens (including phenoxy) is 1. The summed E-state index contributed by atoms with van der Waals surface area (Å²) in [6.07, 6.45) is 0.877. The topological polar surface area (TPSA) is 39.4 Å². The van der Waals surface area contributed by atoms with Crippen LogP contribution in [-0.4, -0.2) is 12.9 Å². The molecule has 0 bridgehead atoms. The van der Waals surface area contributed by atoms with E-state index >= 15 is 0 Å². The fraction of sp³-hybridized carbons (Fsp3) is 0.136. The van der Waals surface area contributed by atoms with Crippen LogP contribution in [0, 0.1) is 0 Å². The smallest absolute Gasteiger partial charge is 0.228 e. The molecule has 2 aromatic rings. The average Bonchev–Trinajstić information content (AvgIpc) is 3.14. The van der Waals surface area contributed by atoms with Crippen LogP contribution in [-0.2, 0) is 6.42 Å². The molecule has 0 radical (unpaired) electrons. The lowest BCUT2D eigenvalue weighted by molar-refractivity contribution is 0.101. The lowest BCUT2D eigenvalue weighted by atomic mass is 10.0. The summed E-state index contributed by atoms with van der Waals surface area (Å²) < 4.78 is 11.2. The second kappa shape index (κ2) is 6.10. The van der Waals surface area contributed by atoms with Crippen LogP contribution in [0.1, 0.15) is 28.6 Å². The Morgan fingerprint density at radius 3 is 2.56 bits per heavy atom. The van der Waals surface area contributed by atoms with Crippen LogP contribution in [0.3, 0.4) is 0 Å². The van der Waals surface area contributed by atoms with Crippen LogP contribution in [0.2, 0.25) is 0 Å². The normalized spacial score (nSPS) is 11.1. The van der Waals surface area contributed by atoms with Gasteiger partial charge in [-0.2, -0.15) is 0 Å². The minimum absolute atomic E-state index is 0.103. The van der Waals surface area contributed by atoms with Gasteiger partial charge in [0.25, 0.3) is 0 Å². The average molecular weight is 330 g/mol. The zero-order valence-electron chi connectivity index (χ0n) is 14.2. The summed E-state index contributed by atoms with van der Waals surface area (Å²) in [5, 5.41) is 0.861. The molecule has 0 saturated heterocycles. The van der Waals surface area contributed by atoms with Crippen molar-refractivity contribution in [1.29, 1.82) is 0 Å². The molecule has 0 saturated carbocycles. The van der Waals surface area contributed by atoms with Gasteiger partial charge in [-0.3, -0.25) is 4.79 Å². The van der Waals surface area contributed by atoms with Crippen LogP contribution >= 0.6 is 0 Å². The van der Waals surface area contributed by atoms with Crippen LogP contribution in [0.25, 0.3) is 22.1 Å². The molecule has 4 rings (SSSR count). The van der Waals surface area contributed by atoms with Crippen molar-refractivity contribution in [3.63, 3.8) is 0 Å². The lowest BCUT2D eigenvalue weighted by Crippen LogP contribution is -1.98. The molecule has 1 aromatic carbocycles. The van der Waals surface area contributed by atoms with Gasteiger partial charge in [-0.05, 0) is 41.3 Å². The predicted molar refractivity (Wildman–Crippen MR) is 98.6 cm³/mol. The third kappa shape index (κ3) is 2.49. The number of benzene rings is 1. The van der Waals surface area contributed by atoms with Gasteiger partial charge >= 0.3 is 0 Å². The minimum atomic E-state index is -0.103. The van der Waals surface area contributed by atoms with E-state index in [1.807, 2.05) is 48.5 Å². The third-order valence-corrected chi connectivity index (χ3v) is 4.57. The molecule has 0 spiro atoms. The van der Waals surface area contributed by atoms with E-state index in [0.717, 1.165) is 22.9 Å². The van der Waals surface area contributed by atoms with E-state index < -0.39 is 0 Å². The second-order valence-corrected chi connectivity index (χ2v) is 5.99. The number of fused-ring (bicyclic) bond motifs is 2. The molecule has 0 amide bonds. The molecule has 25 heavy (non-hydrogen) atoms. The highest BCUT2D eigenvalue weighted by Gasteiger charge is 2.23. The van der Waals surface area contributed by atoms with E-state index in [0.29, 0.717) is 22.7 Å². The van der Waals surface area contributed by atoms with Crippen molar-refractivity contribution in [3.05, 3.63) is 77.6 Å². The molecule has 0 unspecified atom stereocenters. The van der Waals surface area contributed by atoms with Crippen molar-refractivity contribution in [2.24, 2.45) is 0 Å². The molecular weight excluding hydrogens is 312 g/mol. The van der Waals surface area contributed by atoms with Crippen LogP contribution in [0.5, 0.6) is 5.75 Å². The molecule has 2 aliphatic carbocycles. The van der Waals surface area contributed by atoms with E-state index in [9.17, 15) is 4.79 Å². The predicted octanol–water partition coefficient (Wildman–Crippen LogP) is 5.34. The Labute approximate surface area is 146 Å². The minimum Gasteiger partial charge on any atom is -0.493 e. The van der Waals surface area contributed by atoms with E-state index in [1.165, 1.54) is 5.56 Å². The summed E-state index contributed by atoms with van der Waals surface area (Å²) in [6, 6.07) is 19.4. The second-order valence-electron chi connectivity index (χ2n) is 5.99. The van der Waals surface area contributed by atoms with Gasteiger partial charge in [0.15, 0.2) is 17.1 Å². The summed E-state index contributed by atoms with van der Waals surface area (Å²) in [4.78, 5) is 13.1. The van der Waals surface area contributed by atoms with Crippen LogP contribution < -0.4 is 4.74 Å². The highest BCUT2D eigenvalue weighted by Crippen LogP contribution is 2.35. The first-order chi connectivity index (χ1) is 12.2. The zero-order valence-corrected chi connectivity index (χ0v) is 14.2. The largest absolute Gasteiger partial charge is 0.493 e. The van der Waals surface area contributed by atoms with E-state index in [-0.39, 0.29) is 5.78 Å². The van der Waals surface area contributed by atoms with Gasteiger partial charge in [0, 0.05) is 10.9 Å². The number of methoxy groups -OCH3 is 1. The molecule has 0 N–H and O–H groups in total. The molecule has 2 aliphatic rings. The number of hydrogen-bond acceptors (Lipinski definition) is 3. The molecule has 0 aliphatic heterocycles. The molecule has 124 valence electrons. The summed E-state index contributed by atoms with van der Waals surface area (Å²) in [5.74, 6) is 0.860. The maximum atomic E-state index is 13.1. The first-order valence-corrected chi connectivity index (χ1v) is 8.34. The highest BCUT2D eigenvalue weighted by atomic mass is 16.5. The van der Waals surface area contributed by atoms with E-state index in [2.05, 4.69) is 13.0 Å². The molecular formula is C22H18O3. The van der Waals surface area contributed by atoms with Crippen molar-refractivity contribution < 1.29 is 13.9 Å². The number of hydrogen-bond donors (Lipinski definition) is 0. The number of carbonyl (C=O) groups is 1. The van der Waals surface area contributed by atoms with Crippen molar-refractivity contribution in [2.75, 3.05) is 7.11 Å². The van der Waals surface area contributed by atoms with Gasteiger partial charge in [-0.15, -0.1) is 0 Å². The lowest BCUT2D eigenvalue weighted by Gasteiger charge is -2.00. The Morgan fingerprint density at radius 2 is 1.80 bits per heavy atom. The summed E-state index contributed by atoms with van der Waals surface area (Å²) in [5.41, 5.74) is 4.53. The number of aryl methyl sites for hydroxylation is 1. The molecule has 3 nitrogen and oxygen atoms in total. The van der Waals surface area contributed by atoms with Gasteiger partial charge in [0.1, 0.15) is 0 Å². The summed E-state index contributed by atoms with van der Waals surface area (Å²) in [6.45, 7) is 2.10. The molecule has 0 fully saturated rings. The Bertz CT molecular complexity index is 1040. The monoisotopic (exact) mass is 330 g/mol. The first kappa shape index (κ1) is 15.5. The Morgan fingerprint density at radius 1 is 1.00 bits per heavy atom. The standard InChI is InChI=1S/C22H18O3/c1-3-14-12-18(17-10-6-4-5-9-16(14)17)21(23)20-13-15-8-7-11-19(24-2)22(15)25-20/h4-13H,3H2,1-2H3. The van der Waals surface area contributed by atoms with Gasteiger partial charge in [-0.1, -0.05) is 49.4 Å². The number of ketones is 1. The van der Waals surface area contributed by atoms with Crippen molar-refractivity contribution in [1.82, 2.24) is 0 Å². The number of rotatable bonds is 4.